The van der Waals surface area contributed by atoms with Gasteiger partial charge in [0.2, 0.25) is 0 Å². The highest BCUT2D eigenvalue weighted by molar-refractivity contribution is 5.98. The second-order valence-corrected chi connectivity index (χ2v) is 8.59. The fourth-order valence-electron chi connectivity index (χ4n) is 3.82. The van der Waals surface area contributed by atoms with Gasteiger partial charge in [-0.1, -0.05) is 65.0 Å². The summed E-state index contributed by atoms with van der Waals surface area (Å²) < 4.78 is 16.5. The lowest BCUT2D eigenvalue weighted by Gasteiger charge is -2.41. The van der Waals surface area contributed by atoms with Gasteiger partial charge in [0.1, 0.15) is 5.75 Å². The molecule has 0 aliphatic carbocycles. The average Bonchev–Trinajstić information content (AvgIpc) is 2.66. The summed E-state index contributed by atoms with van der Waals surface area (Å²) in [5, 5.41) is 0. The first-order valence-electron chi connectivity index (χ1n) is 10.9. The number of ether oxygens (including phenoxy) is 3. The summed E-state index contributed by atoms with van der Waals surface area (Å²) in [6.07, 6.45) is 7.95. The molecule has 0 N–H and O–H groups in total. The summed E-state index contributed by atoms with van der Waals surface area (Å²) in [5.74, 6) is -2.45. The van der Waals surface area contributed by atoms with E-state index < -0.39 is 29.1 Å². The Bertz CT molecular complexity index is 659. The Morgan fingerprint density at radius 1 is 0.931 bits per heavy atom. The lowest BCUT2D eigenvalue weighted by molar-refractivity contribution is -0.243. The van der Waals surface area contributed by atoms with Gasteiger partial charge < -0.3 is 14.2 Å². The Morgan fingerprint density at radius 3 is 2.03 bits per heavy atom. The van der Waals surface area contributed by atoms with Crippen LogP contribution in [0.4, 0.5) is 0 Å². The molecule has 0 aromatic heterocycles. The second-order valence-electron chi connectivity index (χ2n) is 8.59. The minimum atomic E-state index is -1.21. The molecule has 1 saturated heterocycles. The number of hydrogen-bond donors (Lipinski definition) is 0. The van der Waals surface area contributed by atoms with Crippen molar-refractivity contribution < 1.29 is 23.8 Å². The zero-order valence-corrected chi connectivity index (χ0v) is 18.6. The van der Waals surface area contributed by atoms with Crippen LogP contribution in [0.25, 0.3) is 0 Å². The minimum absolute atomic E-state index is 0.529. The number of benzene rings is 1. The molecular formula is C24H36O5. The molecule has 0 unspecified atom stereocenters. The Hall–Kier alpha value is -2.04. The largest absolute Gasteiger partial charge is 0.494 e. The van der Waals surface area contributed by atoms with Gasteiger partial charge in [-0.25, -0.2) is 0 Å². The van der Waals surface area contributed by atoms with Gasteiger partial charge in [-0.15, -0.1) is 0 Å². The minimum Gasteiger partial charge on any atom is -0.494 e. The molecule has 5 heteroatoms. The molecule has 5 nitrogen and oxygen atoms in total. The van der Waals surface area contributed by atoms with E-state index >= 15 is 0 Å². The first kappa shape index (κ1) is 23.2. The van der Waals surface area contributed by atoms with Crippen LogP contribution in [0.3, 0.4) is 0 Å². The summed E-state index contributed by atoms with van der Waals surface area (Å²) in [4.78, 5) is 25.2. The normalized spacial score (nSPS) is 18.7. The maximum absolute atomic E-state index is 12.6. The standard InChI is InChI=1S/C24H36O5/c1-6-8-9-10-11-12-17-27-19-15-13-18(14-16-19)24(5,7-2)20-21(25)28-23(3,4)29-22(20)26/h13-16,20H,6-12,17H2,1-5H3/t24-/m0/s1. The van der Waals surface area contributed by atoms with Crippen LogP contribution in [0.15, 0.2) is 24.3 Å². The Kier molecular flexibility index (Phi) is 8.12. The molecule has 1 atom stereocenters. The molecular weight excluding hydrogens is 368 g/mol. The molecule has 1 fully saturated rings. The van der Waals surface area contributed by atoms with Crippen LogP contribution in [0.1, 0.15) is 85.1 Å². The summed E-state index contributed by atoms with van der Waals surface area (Å²) in [5.41, 5.74) is 0.188. The quantitative estimate of drug-likeness (QED) is 0.275. The van der Waals surface area contributed by atoms with Crippen LogP contribution in [0.2, 0.25) is 0 Å². The highest BCUT2D eigenvalue weighted by atomic mass is 16.7. The monoisotopic (exact) mass is 404 g/mol. The van der Waals surface area contributed by atoms with Crippen molar-refractivity contribution in [2.75, 3.05) is 6.61 Å². The number of carbonyl (C=O) groups is 2. The topological polar surface area (TPSA) is 61.8 Å². The molecule has 1 aromatic rings. The number of hydrogen-bond acceptors (Lipinski definition) is 5. The summed E-state index contributed by atoms with van der Waals surface area (Å²) in [6.45, 7) is 9.93. The van der Waals surface area contributed by atoms with E-state index in [0.717, 1.165) is 17.7 Å². The van der Waals surface area contributed by atoms with E-state index in [1.54, 1.807) is 13.8 Å². The van der Waals surface area contributed by atoms with E-state index in [-0.39, 0.29) is 0 Å². The van der Waals surface area contributed by atoms with Gasteiger partial charge in [0.25, 0.3) is 5.79 Å². The van der Waals surface area contributed by atoms with Crippen molar-refractivity contribution in [2.24, 2.45) is 5.92 Å². The van der Waals surface area contributed by atoms with E-state index in [1.807, 2.05) is 38.1 Å². The molecule has 162 valence electrons. The molecule has 0 bridgehead atoms. The Labute approximate surface area is 175 Å². The van der Waals surface area contributed by atoms with E-state index in [0.29, 0.717) is 13.0 Å². The first-order chi connectivity index (χ1) is 13.7. The molecule has 0 saturated carbocycles. The SMILES string of the molecule is CCCCCCCCOc1ccc([C@](C)(CC)C2C(=O)OC(C)(C)OC2=O)cc1. The van der Waals surface area contributed by atoms with Gasteiger partial charge in [0.15, 0.2) is 5.92 Å². The van der Waals surface area contributed by atoms with E-state index in [4.69, 9.17) is 14.2 Å². The smallest absolute Gasteiger partial charge is 0.324 e. The van der Waals surface area contributed by atoms with Crippen LogP contribution < -0.4 is 4.74 Å². The van der Waals surface area contributed by atoms with Gasteiger partial charge in [-0.2, -0.15) is 0 Å². The van der Waals surface area contributed by atoms with Gasteiger partial charge in [-0.05, 0) is 30.5 Å². The van der Waals surface area contributed by atoms with Crippen molar-refractivity contribution in [3.63, 3.8) is 0 Å². The Balaban J connectivity index is 1.99. The maximum atomic E-state index is 12.6. The lowest BCUT2D eigenvalue weighted by atomic mass is 9.69. The Morgan fingerprint density at radius 2 is 1.48 bits per heavy atom. The number of cyclic esters (lactones) is 2. The van der Waals surface area contributed by atoms with Gasteiger partial charge in [0.05, 0.1) is 6.61 Å². The van der Waals surface area contributed by atoms with E-state index in [1.165, 1.54) is 32.1 Å². The lowest BCUT2D eigenvalue weighted by Crippen LogP contribution is -2.53. The maximum Gasteiger partial charge on any atom is 0.324 e. The second kappa shape index (κ2) is 10.1. The van der Waals surface area contributed by atoms with Crippen LogP contribution in [0, 0.1) is 5.92 Å². The predicted molar refractivity (Wildman–Crippen MR) is 113 cm³/mol. The zero-order chi connectivity index (χ0) is 21.5. The summed E-state index contributed by atoms with van der Waals surface area (Å²) >= 11 is 0. The van der Waals surface area contributed by atoms with Crippen molar-refractivity contribution >= 4 is 11.9 Å². The molecule has 1 aromatic carbocycles. The zero-order valence-electron chi connectivity index (χ0n) is 18.6. The predicted octanol–water partition coefficient (Wildman–Crippen LogP) is 5.55. The van der Waals surface area contributed by atoms with Crippen molar-refractivity contribution in [3.05, 3.63) is 29.8 Å². The molecule has 29 heavy (non-hydrogen) atoms. The number of esters is 2. The fourth-order valence-corrected chi connectivity index (χ4v) is 3.82. The first-order valence-corrected chi connectivity index (χ1v) is 10.9. The fraction of sp³-hybridized carbons (Fsp3) is 0.667. The van der Waals surface area contributed by atoms with Crippen LogP contribution in [-0.2, 0) is 24.5 Å². The molecule has 0 spiro atoms. The van der Waals surface area contributed by atoms with Crippen LogP contribution in [-0.4, -0.2) is 24.3 Å². The van der Waals surface area contributed by atoms with Crippen LogP contribution >= 0.6 is 0 Å². The van der Waals surface area contributed by atoms with Gasteiger partial charge in [0, 0.05) is 19.3 Å². The average molecular weight is 405 g/mol. The number of carbonyl (C=O) groups excluding carboxylic acids is 2. The van der Waals surface area contributed by atoms with Gasteiger partial charge in [-0.3, -0.25) is 9.59 Å². The molecule has 0 amide bonds. The summed E-state index contributed by atoms with van der Waals surface area (Å²) in [7, 11) is 0. The summed E-state index contributed by atoms with van der Waals surface area (Å²) in [6, 6.07) is 7.67. The van der Waals surface area contributed by atoms with Crippen LogP contribution in [0.5, 0.6) is 5.75 Å². The van der Waals surface area contributed by atoms with Crippen molar-refractivity contribution in [1.29, 1.82) is 0 Å². The highest BCUT2D eigenvalue weighted by Gasteiger charge is 2.52. The van der Waals surface area contributed by atoms with E-state index in [2.05, 4.69) is 6.92 Å². The molecule has 1 aliphatic heterocycles. The number of rotatable bonds is 11. The number of unbranched alkanes of at least 4 members (excludes halogenated alkanes) is 5. The third-order valence-corrected chi connectivity index (χ3v) is 5.82. The van der Waals surface area contributed by atoms with Crippen molar-refractivity contribution in [2.45, 2.75) is 90.8 Å². The molecule has 1 heterocycles. The van der Waals surface area contributed by atoms with Crippen molar-refractivity contribution in [3.8, 4) is 5.75 Å². The third-order valence-electron chi connectivity index (χ3n) is 5.82. The third kappa shape index (κ3) is 5.97. The highest BCUT2D eigenvalue weighted by Crippen LogP contribution is 2.41. The molecule has 2 rings (SSSR count). The molecule has 1 aliphatic rings. The molecule has 0 radical (unpaired) electrons. The van der Waals surface area contributed by atoms with Gasteiger partial charge >= 0.3 is 11.9 Å². The van der Waals surface area contributed by atoms with Crippen molar-refractivity contribution in [1.82, 2.24) is 0 Å². The van der Waals surface area contributed by atoms with E-state index in [9.17, 15) is 9.59 Å².